The Balaban J connectivity index is 2.29. The monoisotopic (exact) mass is 291 g/mol. The molecule has 9 heteroatoms. The Morgan fingerprint density at radius 2 is 1.90 bits per heavy atom. The molecule has 9 nitrogen and oxygen atoms in total. The molecule has 0 aliphatic heterocycles. The summed E-state index contributed by atoms with van der Waals surface area (Å²) >= 11 is 0. The largest absolute Gasteiger partial charge is 0.506 e. The van der Waals surface area contributed by atoms with Crippen LogP contribution in [-0.4, -0.2) is 32.1 Å². The molecule has 5 N–H and O–H groups in total. The molecule has 0 radical (unpaired) electrons. The molecule has 1 heterocycles. The molecule has 1 aromatic carbocycles. The third-order valence-electron chi connectivity index (χ3n) is 2.56. The number of carbonyl (C=O) groups is 2. The number of phenolic OH excluding ortho intramolecular Hbond substituents is 1. The standard InChI is InChI=1S/C12H9N3O6/c16-8-3-5(11(19)20)1-2-7(8)14-9(17)6-4-13-12(21)15-10(6)18/h1-4,16H,(H,14,17)(H,19,20)(H2,13,15,18,21). The number of carbonyl (C=O) groups excluding carboxylic acids is 1. The van der Waals surface area contributed by atoms with Gasteiger partial charge in [0.2, 0.25) is 0 Å². The second kappa shape index (κ2) is 5.33. The quantitative estimate of drug-likeness (QED) is 0.490. The molecule has 21 heavy (non-hydrogen) atoms. The third-order valence-corrected chi connectivity index (χ3v) is 2.56. The number of hydrogen-bond donors (Lipinski definition) is 5. The zero-order valence-corrected chi connectivity index (χ0v) is 10.3. The van der Waals surface area contributed by atoms with Gasteiger partial charge in [-0.15, -0.1) is 0 Å². The van der Waals surface area contributed by atoms with Gasteiger partial charge in [0, 0.05) is 6.20 Å². The number of anilines is 1. The van der Waals surface area contributed by atoms with Crippen LogP contribution in [0.1, 0.15) is 20.7 Å². The number of H-pyrrole nitrogens is 2. The molecule has 2 aromatic rings. The smallest absolute Gasteiger partial charge is 0.335 e. The average Bonchev–Trinajstić information content (AvgIpc) is 2.40. The molecule has 0 saturated heterocycles. The maximum absolute atomic E-state index is 11.8. The lowest BCUT2D eigenvalue weighted by Crippen LogP contribution is -2.29. The minimum atomic E-state index is -1.24. The van der Waals surface area contributed by atoms with Crippen molar-refractivity contribution in [2.24, 2.45) is 0 Å². The van der Waals surface area contributed by atoms with Gasteiger partial charge in [0.05, 0.1) is 11.3 Å². The number of carboxylic acids is 1. The lowest BCUT2D eigenvalue weighted by atomic mass is 10.2. The Morgan fingerprint density at radius 1 is 1.19 bits per heavy atom. The van der Waals surface area contributed by atoms with Crippen LogP contribution in [0.5, 0.6) is 5.75 Å². The Morgan fingerprint density at radius 3 is 2.48 bits per heavy atom. The van der Waals surface area contributed by atoms with Crippen molar-refractivity contribution in [2.45, 2.75) is 0 Å². The third kappa shape index (κ3) is 2.97. The van der Waals surface area contributed by atoms with Crippen LogP contribution in [0.15, 0.2) is 34.0 Å². The summed E-state index contributed by atoms with van der Waals surface area (Å²) in [6.07, 6.45) is 0.930. The SMILES string of the molecule is O=C(O)c1ccc(NC(=O)c2c[nH]c(=O)[nH]c2=O)c(O)c1. The van der Waals surface area contributed by atoms with E-state index >= 15 is 0 Å². The minimum Gasteiger partial charge on any atom is -0.506 e. The molecule has 0 bridgehead atoms. The first-order valence-corrected chi connectivity index (χ1v) is 5.58. The number of phenols is 1. The zero-order chi connectivity index (χ0) is 15.6. The number of carboxylic acid groups (broad SMARTS) is 1. The van der Waals surface area contributed by atoms with E-state index < -0.39 is 28.9 Å². The van der Waals surface area contributed by atoms with Gasteiger partial charge in [-0.3, -0.25) is 14.6 Å². The number of aromatic hydroxyl groups is 1. The van der Waals surface area contributed by atoms with Crippen LogP contribution in [0.2, 0.25) is 0 Å². The number of benzene rings is 1. The van der Waals surface area contributed by atoms with Crippen LogP contribution in [0.4, 0.5) is 5.69 Å². The maximum Gasteiger partial charge on any atom is 0.335 e. The van der Waals surface area contributed by atoms with Gasteiger partial charge in [0.1, 0.15) is 11.3 Å². The summed E-state index contributed by atoms with van der Waals surface area (Å²) in [6, 6.07) is 3.31. The fourth-order valence-corrected chi connectivity index (χ4v) is 1.54. The number of rotatable bonds is 3. The van der Waals surface area contributed by atoms with Gasteiger partial charge >= 0.3 is 11.7 Å². The van der Waals surface area contributed by atoms with E-state index in [0.717, 1.165) is 12.3 Å². The first kappa shape index (κ1) is 14.1. The fourth-order valence-electron chi connectivity index (χ4n) is 1.54. The Hall–Kier alpha value is -3.36. The number of hydrogen-bond acceptors (Lipinski definition) is 5. The van der Waals surface area contributed by atoms with Crippen LogP contribution < -0.4 is 16.6 Å². The summed E-state index contributed by atoms with van der Waals surface area (Å²) in [7, 11) is 0. The van der Waals surface area contributed by atoms with Gasteiger partial charge in [-0.2, -0.15) is 0 Å². The van der Waals surface area contributed by atoms with E-state index in [-0.39, 0.29) is 16.8 Å². The van der Waals surface area contributed by atoms with Crippen molar-refractivity contribution in [1.29, 1.82) is 0 Å². The summed E-state index contributed by atoms with van der Waals surface area (Å²) in [5, 5.41) is 20.6. The van der Waals surface area contributed by atoms with Crippen LogP contribution >= 0.6 is 0 Å². The van der Waals surface area contributed by atoms with E-state index in [4.69, 9.17) is 5.11 Å². The van der Waals surface area contributed by atoms with Gasteiger partial charge in [-0.05, 0) is 18.2 Å². The van der Waals surface area contributed by atoms with Crippen molar-refractivity contribution in [3.8, 4) is 5.75 Å². The molecule has 2 rings (SSSR count). The first-order valence-electron chi connectivity index (χ1n) is 5.58. The Labute approximate surface area is 115 Å². The molecule has 0 spiro atoms. The summed E-state index contributed by atoms with van der Waals surface area (Å²) < 4.78 is 0. The van der Waals surface area contributed by atoms with Crippen LogP contribution in [-0.2, 0) is 0 Å². The number of aromatic amines is 2. The van der Waals surface area contributed by atoms with E-state index in [2.05, 4.69) is 10.3 Å². The predicted octanol–water partition coefficient (Wildman–Crippen LogP) is -0.281. The first-order chi connectivity index (χ1) is 9.88. The molecule has 1 aromatic heterocycles. The molecule has 0 aliphatic rings. The second-order valence-corrected chi connectivity index (χ2v) is 3.98. The van der Waals surface area contributed by atoms with Crippen molar-refractivity contribution in [2.75, 3.05) is 5.32 Å². The number of aromatic nitrogens is 2. The van der Waals surface area contributed by atoms with E-state index in [0.29, 0.717) is 0 Å². The van der Waals surface area contributed by atoms with Gasteiger partial charge < -0.3 is 20.5 Å². The summed E-state index contributed by atoms with van der Waals surface area (Å²) in [5.74, 6) is -2.57. The topological polar surface area (TPSA) is 152 Å². The van der Waals surface area contributed by atoms with E-state index in [1.165, 1.54) is 12.1 Å². The van der Waals surface area contributed by atoms with Crippen molar-refractivity contribution >= 4 is 17.6 Å². The number of aromatic carboxylic acids is 1. The average molecular weight is 291 g/mol. The Bertz CT molecular complexity index is 835. The van der Waals surface area contributed by atoms with E-state index in [1.54, 1.807) is 0 Å². The molecule has 0 aliphatic carbocycles. The van der Waals surface area contributed by atoms with E-state index in [1.807, 2.05) is 4.98 Å². The van der Waals surface area contributed by atoms with Crippen LogP contribution in [0.3, 0.4) is 0 Å². The van der Waals surface area contributed by atoms with Gasteiger partial charge in [0.15, 0.2) is 0 Å². The molecule has 0 fully saturated rings. The van der Waals surface area contributed by atoms with Crippen molar-refractivity contribution in [3.05, 3.63) is 56.4 Å². The molecule has 108 valence electrons. The molecule has 0 atom stereocenters. The fraction of sp³-hybridized carbons (Fsp3) is 0. The lowest BCUT2D eigenvalue weighted by molar-refractivity contribution is 0.0696. The summed E-state index contributed by atoms with van der Waals surface area (Å²) in [6.45, 7) is 0. The normalized spacial score (nSPS) is 10.1. The highest BCUT2D eigenvalue weighted by Gasteiger charge is 2.14. The molecular weight excluding hydrogens is 282 g/mol. The van der Waals surface area contributed by atoms with Crippen molar-refractivity contribution < 1.29 is 19.8 Å². The zero-order valence-electron chi connectivity index (χ0n) is 10.3. The van der Waals surface area contributed by atoms with Crippen molar-refractivity contribution in [1.82, 2.24) is 9.97 Å². The van der Waals surface area contributed by atoms with Crippen LogP contribution in [0, 0.1) is 0 Å². The number of amides is 1. The van der Waals surface area contributed by atoms with Gasteiger partial charge in [-0.25, -0.2) is 9.59 Å². The lowest BCUT2D eigenvalue weighted by Gasteiger charge is -2.07. The highest BCUT2D eigenvalue weighted by molar-refractivity contribution is 6.04. The predicted molar refractivity (Wildman–Crippen MR) is 70.7 cm³/mol. The van der Waals surface area contributed by atoms with Crippen LogP contribution in [0.25, 0.3) is 0 Å². The highest BCUT2D eigenvalue weighted by atomic mass is 16.4. The highest BCUT2D eigenvalue weighted by Crippen LogP contribution is 2.24. The summed E-state index contributed by atoms with van der Waals surface area (Å²) in [4.78, 5) is 48.8. The molecule has 0 unspecified atom stereocenters. The van der Waals surface area contributed by atoms with E-state index in [9.17, 15) is 24.3 Å². The molecular formula is C12H9N3O6. The summed E-state index contributed by atoms with van der Waals surface area (Å²) in [5.41, 5.74) is -2.25. The maximum atomic E-state index is 11.8. The molecule has 0 saturated carbocycles. The van der Waals surface area contributed by atoms with Gasteiger partial charge in [-0.1, -0.05) is 0 Å². The molecule has 1 amide bonds. The van der Waals surface area contributed by atoms with Gasteiger partial charge in [0.25, 0.3) is 11.5 Å². The second-order valence-electron chi connectivity index (χ2n) is 3.98. The minimum absolute atomic E-state index is 0.0735. The van der Waals surface area contributed by atoms with Crippen molar-refractivity contribution in [3.63, 3.8) is 0 Å². The number of nitrogens with one attached hydrogen (secondary N) is 3. The Kier molecular flexibility index (Phi) is 3.57.